The molecule has 1 saturated heterocycles. The Balaban J connectivity index is 1.29. The van der Waals surface area contributed by atoms with Gasteiger partial charge in [-0.05, 0) is 81.7 Å². The summed E-state index contributed by atoms with van der Waals surface area (Å²) < 4.78 is 26.9. The minimum absolute atomic E-state index is 0.0293. The van der Waals surface area contributed by atoms with Crippen molar-refractivity contribution in [3.63, 3.8) is 0 Å². The lowest BCUT2D eigenvalue weighted by atomic mass is 10.1. The van der Waals surface area contributed by atoms with Gasteiger partial charge in [0.05, 0.1) is 12.1 Å². The molecule has 0 amide bonds. The minimum Gasteiger partial charge on any atom is -0.489 e. The number of nitrogens with zero attached hydrogens (tertiary/aromatic N) is 6. The first-order valence-electron chi connectivity index (χ1n) is 14.2. The zero-order valence-corrected chi connectivity index (χ0v) is 24.3. The molecule has 0 saturated carbocycles. The van der Waals surface area contributed by atoms with E-state index >= 15 is 0 Å². The van der Waals surface area contributed by atoms with Crippen molar-refractivity contribution in [1.82, 2.24) is 29.4 Å². The largest absolute Gasteiger partial charge is 0.489 e. The molecule has 0 spiro atoms. The molecule has 0 aliphatic carbocycles. The van der Waals surface area contributed by atoms with E-state index in [9.17, 15) is 9.18 Å². The van der Waals surface area contributed by atoms with E-state index in [2.05, 4.69) is 44.2 Å². The van der Waals surface area contributed by atoms with Crippen LogP contribution in [0.3, 0.4) is 0 Å². The molecular formula is C33H30FN7O3. The van der Waals surface area contributed by atoms with Crippen molar-refractivity contribution in [1.29, 1.82) is 0 Å². The maximum absolute atomic E-state index is 14.0. The van der Waals surface area contributed by atoms with Crippen LogP contribution in [0.15, 0.2) is 78.1 Å². The highest BCUT2D eigenvalue weighted by Gasteiger charge is 2.18. The Labute approximate surface area is 253 Å². The molecule has 1 atom stereocenters. The first-order chi connectivity index (χ1) is 21.4. The summed E-state index contributed by atoms with van der Waals surface area (Å²) in [6.07, 6.45) is 9.52. The van der Waals surface area contributed by atoms with E-state index in [1.54, 1.807) is 30.6 Å². The van der Waals surface area contributed by atoms with Crippen LogP contribution in [0, 0.1) is 24.8 Å². The molecule has 0 radical (unpaired) electrons. The van der Waals surface area contributed by atoms with Gasteiger partial charge in [-0.25, -0.2) is 19.3 Å². The number of piperidine rings is 1. The number of para-hydroxylation sites is 1. The molecule has 1 unspecified atom stereocenters. The highest BCUT2D eigenvalue weighted by molar-refractivity contribution is 5.77. The number of likely N-dealkylation sites (N-methyl/N-ethyl adjacent to an activating group) is 1. The van der Waals surface area contributed by atoms with Crippen LogP contribution in [0.1, 0.15) is 29.7 Å². The predicted octanol–water partition coefficient (Wildman–Crippen LogP) is 4.68. The van der Waals surface area contributed by atoms with Crippen LogP contribution in [0.4, 0.5) is 16.0 Å². The van der Waals surface area contributed by atoms with E-state index < -0.39 is 11.4 Å². The van der Waals surface area contributed by atoms with Crippen molar-refractivity contribution < 1.29 is 13.9 Å². The second kappa shape index (κ2) is 12.9. The number of hydrogen-bond acceptors (Lipinski definition) is 9. The van der Waals surface area contributed by atoms with Crippen LogP contribution < -0.4 is 20.3 Å². The molecule has 1 aliphatic rings. The van der Waals surface area contributed by atoms with Crippen molar-refractivity contribution in [2.75, 3.05) is 25.5 Å². The number of aryl methyl sites for hydroxylation is 1. The fourth-order valence-corrected chi connectivity index (χ4v) is 5.02. The molecule has 1 fully saturated rings. The average Bonchev–Trinajstić information content (AvgIpc) is 3.02. The molecule has 5 aromatic rings. The third kappa shape index (κ3) is 6.66. The molecule has 3 aromatic heterocycles. The number of hydrogen-bond donors (Lipinski definition) is 1. The quantitative estimate of drug-likeness (QED) is 0.270. The van der Waals surface area contributed by atoms with E-state index in [4.69, 9.17) is 14.5 Å². The number of nitrogens with one attached hydrogen (secondary N) is 1. The molecule has 222 valence electrons. The van der Waals surface area contributed by atoms with Gasteiger partial charge in [0, 0.05) is 41.3 Å². The van der Waals surface area contributed by atoms with Crippen LogP contribution in [0.5, 0.6) is 11.5 Å². The first-order valence-corrected chi connectivity index (χ1v) is 14.2. The molecule has 6 rings (SSSR count). The van der Waals surface area contributed by atoms with Gasteiger partial charge in [0.1, 0.15) is 29.9 Å². The monoisotopic (exact) mass is 591 g/mol. The lowest BCUT2D eigenvalue weighted by Crippen LogP contribution is -2.38. The highest BCUT2D eigenvalue weighted by atomic mass is 19.1. The Morgan fingerprint density at radius 1 is 1.11 bits per heavy atom. The first kappa shape index (κ1) is 28.8. The molecule has 10 nitrogen and oxygen atoms in total. The number of likely N-dealkylation sites (tertiary alicyclic amines) is 1. The summed E-state index contributed by atoms with van der Waals surface area (Å²) in [6.45, 7) is 4.01. The Morgan fingerprint density at radius 3 is 2.75 bits per heavy atom. The lowest BCUT2D eigenvalue weighted by molar-refractivity contribution is 0.104. The zero-order valence-electron chi connectivity index (χ0n) is 24.3. The summed E-state index contributed by atoms with van der Waals surface area (Å²) in [6, 6.07) is 15.2. The Kier molecular flexibility index (Phi) is 8.43. The minimum atomic E-state index is -0.551. The number of aromatic nitrogens is 5. The summed E-state index contributed by atoms with van der Waals surface area (Å²) >= 11 is 0. The third-order valence-corrected chi connectivity index (χ3v) is 7.35. The van der Waals surface area contributed by atoms with Crippen molar-refractivity contribution in [3.05, 3.63) is 106 Å². The van der Waals surface area contributed by atoms with E-state index in [0.29, 0.717) is 17.0 Å². The molecule has 0 bridgehead atoms. The number of halogens is 1. The normalized spacial score (nSPS) is 14.9. The van der Waals surface area contributed by atoms with Gasteiger partial charge >= 0.3 is 0 Å². The van der Waals surface area contributed by atoms with Crippen LogP contribution in [-0.2, 0) is 6.54 Å². The van der Waals surface area contributed by atoms with Gasteiger partial charge in [-0.15, -0.1) is 0 Å². The van der Waals surface area contributed by atoms with Crippen LogP contribution in [0.2, 0.25) is 0 Å². The van der Waals surface area contributed by atoms with E-state index in [-0.39, 0.29) is 24.0 Å². The molecule has 1 N–H and O–H groups in total. The van der Waals surface area contributed by atoms with Gasteiger partial charge in [0.2, 0.25) is 5.95 Å². The lowest BCUT2D eigenvalue weighted by Gasteiger charge is -2.30. The Hall–Kier alpha value is -5.34. The second-order valence-electron chi connectivity index (χ2n) is 10.6. The molecular weight excluding hydrogens is 561 g/mol. The van der Waals surface area contributed by atoms with E-state index in [0.717, 1.165) is 48.6 Å². The maximum atomic E-state index is 14.0. The van der Waals surface area contributed by atoms with Crippen molar-refractivity contribution in [3.8, 4) is 23.5 Å². The summed E-state index contributed by atoms with van der Waals surface area (Å²) in [5.74, 6) is 3.26. The fraction of sp³-hybridized carbons (Fsp3) is 0.242. The molecule has 44 heavy (non-hydrogen) atoms. The zero-order chi connectivity index (χ0) is 30.5. The highest BCUT2D eigenvalue weighted by Crippen LogP contribution is 2.23. The summed E-state index contributed by atoms with van der Waals surface area (Å²) in [5.41, 5.74) is 2.40. The third-order valence-electron chi connectivity index (χ3n) is 7.35. The summed E-state index contributed by atoms with van der Waals surface area (Å²) in [7, 11) is 2.11. The SMILES string of the molecule is Cc1ncncc1Cn1c(=O)c(C#COc2ccccc2F)cc2cnc(Nc3ccc(OC4CCCN(C)C4)cc3)nc21. The number of pyridine rings is 1. The van der Waals surface area contributed by atoms with Gasteiger partial charge in [-0.1, -0.05) is 12.1 Å². The van der Waals surface area contributed by atoms with Gasteiger partial charge in [0.15, 0.2) is 11.6 Å². The van der Waals surface area contributed by atoms with Crippen LogP contribution in [0.25, 0.3) is 11.0 Å². The van der Waals surface area contributed by atoms with Gasteiger partial charge in [-0.3, -0.25) is 9.36 Å². The summed E-state index contributed by atoms with van der Waals surface area (Å²) in [5, 5.41) is 3.80. The van der Waals surface area contributed by atoms with E-state index in [1.807, 2.05) is 31.2 Å². The number of rotatable bonds is 7. The fourth-order valence-electron chi connectivity index (χ4n) is 5.02. The predicted molar refractivity (Wildman–Crippen MR) is 164 cm³/mol. The smallest absolute Gasteiger partial charge is 0.268 e. The molecule has 4 heterocycles. The van der Waals surface area contributed by atoms with Gasteiger partial charge in [-0.2, -0.15) is 4.98 Å². The van der Waals surface area contributed by atoms with Crippen molar-refractivity contribution in [2.45, 2.75) is 32.4 Å². The molecule has 1 aliphatic heterocycles. The Morgan fingerprint density at radius 2 is 1.95 bits per heavy atom. The van der Waals surface area contributed by atoms with Gasteiger partial charge < -0.3 is 19.7 Å². The number of fused-ring (bicyclic) bond motifs is 1. The van der Waals surface area contributed by atoms with Crippen molar-refractivity contribution in [2.24, 2.45) is 0 Å². The summed E-state index contributed by atoms with van der Waals surface area (Å²) in [4.78, 5) is 33.5. The maximum Gasteiger partial charge on any atom is 0.268 e. The van der Waals surface area contributed by atoms with Crippen molar-refractivity contribution >= 4 is 22.7 Å². The van der Waals surface area contributed by atoms with Crippen LogP contribution >= 0.6 is 0 Å². The average molecular weight is 592 g/mol. The van der Waals surface area contributed by atoms with Crippen LogP contribution in [-0.4, -0.2) is 55.6 Å². The topological polar surface area (TPSA) is 107 Å². The standard InChI is InChI=1S/C33H30FN7O3/c1-22-25(17-35-21-37-22)19-41-31-24(16-23(32(41)42)13-15-43-30-8-4-3-7-29(30)34)18-36-33(39-31)38-26-9-11-27(12-10-26)44-28-6-5-14-40(2)20-28/h3-4,7-12,16-18,21,28H,5-6,14,19-20H2,1-2H3,(H,36,38,39). The number of benzene rings is 2. The van der Waals surface area contributed by atoms with Gasteiger partial charge in [0.25, 0.3) is 5.56 Å². The number of anilines is 2. The Bertz CT molecular complexity index is 1920. The molecule has 2 aromatic carbocycles. The molecule has 11 heteroatoms. The number of ether oxygens (including phenoxy) is 2. The second-order valence-corrected chi connectivity index (χ2v) is 10.6. The van der Waals surface area contributed by atoms with E-state index in [1.165, 1.54) is 23.0 Å².